The van der Waals surface area contributed by atoms with Gasteiger partial charge in [-0.3, -0.25) is 14.2 Å². The molecule has 0 fully saturated rings. The van der Waals surface area contributed by atoms with E-state index in [1.807, 2.05) is 41.0 Å². The topological polar surface area (TPSA) is 76.9 Å². The van der Waals surface area contributed by atoms with Gasteiger partial charge in [0.05, 0.1) is 28.5 Å². The third-order valence-corrected chi connectivity index (χ3v) is 5.16. The number of fused-ring (bicyclic) bond motifs is 1. The maximum atomic E-state index is 13.0. The molecule has 6 heteroatoms. The number of carbonyl (C=O) groups excluding carboxylic acids is 2. The zero-order valence-electron chi connectivity index (χ0n) is 17.0. The summed E-state index contributed by atoms with van der Waals surface area (Å²) in [6.07, 6.45) is 3.31. The first-order valence-corrected chi connectivity index (χ1v) is 10.1. The van der Waals surface area contributed by atoms with E-state index < -0.39 is 0 Å². The van der Waals surface area contributed by atoms with Crippen LogP contribution >= 0.6 is 0 Å². The lowest BCUT2D eigenvalue weighted by Crippen LogP contribution is -2.17. The van der Waals surface area contributed by atoms with Crippen LogP contribution in [0, 0.1) is 0 Å². The number of hydrogen-bond acceptors (Lipinski definition) is 4. The van der Waals surface area contributed by atoms with E-state index in [0.29, 0.717) is 28.2 Å². The van der Waals surface area contributed by atoms with Crippen molar-refractivity contribution in [2.75, 3.05) is 5.32 Å². The molecule has 0 aliphatic carbocycles. The molecule has 0 bridgehead atoms. The molecule has 3 aromatic carbocycles. The zero-order chi connectivity index (χ0) is 21.9. The van der Waals surface area contributed by atoms with Crippen molar-refractivity contribution in [3.63, 3.8) is 0 Å². The summed E-state index contributed by atoms with van der Waals surface area (Å²) in [5.74, 6) is 0.126. The molecule has 32 heavy (non-hydrogen) atoms. The van der Waals surface area contributed by atoms with Crippen molar-refractivity contribution in [3.05, 3.63) is 120 Å². The Morgan fingerprint density at radius 2 is 1.44 bits per heavy atom. The molecule has 2 aromatic heterocycles. The smallest absolute Gasteiger partial charge is 0.256 e. The van der Waals surface area contributed by atoms with E-state index in [-0.39, 0.29) is 11.7 Å². The largest absolute Gasteiger partial charge is 0.321 e. The number of benzene rings is 3. The summed E-state index contributed by atoms with van der Waals surface area (Å²) < 4.78 is 1.88. The number of anilines is 1. The van der Waals surface area contributed by atoms with Crippen LogP contribution < -0.4 is 5.32 Å². The van der Waals surface area contributed by atoms with Gasteiger partial charge in [-0.05, 0) is 30.3 Å². The van der Waals surface area contributed by atoms with Crippen LogP contribution in [0.5, 0.6) is 0 Å². The minimum absolute atomic E-state index is 0.197. The average molecular weight is 418 g/mol. The normalized spacial score (nSPS) is 10.8. The van der Waals surface area contributed by atoms with Gasteiger partial charge in [0.1, 0.15) is 12.1 Å². The van der Waals surface area contributed by atoms with Gasteiger partial charge in [-0.1, -0.05) is 60.7 Å². The van der Waals surface area contributed by atoms with Gasteiger partial charge >= 0.3 is 0 Å². The van der Waals surface area contributed by atoms with E-state index in [1.165, 1.54) is 0 Å². The number of imidazole rings is 1. The standard InChI is InChI=1S/C26H18N4O2/c31-25(18-8-2-1-3-9-18)20-10-4-5-11-21(20)26(32)29-19-14-15-24(27-16-19)30-17-28-22-12-6-7-13-23(22)30/h1-17H,(H,29,32). The number of carbonyl (C=O) groups is 2. The summed E-state index contributed by atoms with van der Waals surface area (Å²) in [4.78, 5) is 34.7. The molecule has 6 nitrogen and oxygen atoms in total. The second kappa shape index (κ2) is 8.28. The zero-order valence-corrected chi connectivity index (χ0v) is 17.0. The molecule has 0 unspecified atom stereocenters. The Labute approximate surface area is 184 Å². The second-order valence-corrected chi connectivity index (χ2v) is 7.20. The first-order chi connectivity index (χ1) is 15.7. The Morgan fingerprint density at radius 1 is 0.719 bits per heavy atom. The maximum absolute atomic E-state index is 13.0. The minimum Gasteiger partial charge on any atom is -0.321 e. The molecule has 154 valence electrons. The fourth-order valence-corrected chi connectivity index (χ4v) is 3.57. The number of amides is 1. The minimum atomic E-state index is -0.368. The van der Waals surface area contributed by atoms with E-state index in [4.69, 9.17) is 0 Å². The first-order valence-electron chi connectivity index (χ1n) is 10.1. The number of hydrogen-bond donors (Lipinski definition) is 1. The lowest BCUT2D eigenvalue weighted by molar-refractivity contribution is 0.0996. The van der Waals surface area contributed by atoms with Crippen LogP contribution in [0.4, 0.5) is 5.69 Å². The van der Waals surface area contributed by atoms with Crippen LogP contribution in [-0.2, 0) is 0 Å². The fraction of sp³-hybridized carbons (Fsp3) is 0. The van der Waals surface area contributed by atoms with Gasteiger partial charge in [-0.15, -0.1) is 0 Å². The van der Waals surface area contributed by atoms with E-state index >= 15 is 0 Å². The molecule has 0 saturated heterocycles. The summed E-state index contributed by atoms with van der Waals surface area (Å²) in [6.45, 7) is 0. The van der Waals surface area contributed by atoms with Crippen LogP contribution in [0.25, 0.3) is 16.9 Å². The highest BCUT2D eigenvalue weighted by atomic mass is 16.2. The quantitative estimate of drug-likeness (QED) is 0.412. The SMILES string of the molecule is O=C(Nc1ccc(-n2cnc3ccccc32)nc1)c1ccccc1C(=O)c1ccccc1. The highest BCUT2D eigenvalue weighted by Crippen LogP contribution is 2.19. The number of nitrogens with zero attached hydrogens (tertiary/aromatic N) is 3. The molecule has 1 amide bonds. The number of nitrogens with one attached hydrogen (secondary N) is 1. The highest BCUT2D eigenvalue weighted by Gasteiger charge is 2.18. The van der Waals surface area contributed by atoms with Gasteiger partial charge in [-0.2, -0.15) is 0 Å². The van der Waals surface area contributed by atoms with Crippen LogP contribution in [0.2, 0.25) is 0 Å². The number of aromatic nitrogens is 3. The number of rotatable bonds is 5. The van der Waals surface area contributed by atoms with Crippen molar-refractivity contribution >= 4 is 28.4 Å². The highest BCUT2D eigenvalue weighted by molar-refractivity contribution is 6.17. The van der Waals surface area contributed by atoms with Gasteiger partial charge in [-0.25, -0.2) is 9.97 Å². The van der Waals surface area contributed by atoms with E-state index in [0.717, 1.165) is 11.0 Å². The lowest BCUT2D eigenvalue weighted by atomic mass is 9.98. The van der Waals surface area contributed by atoms with Crippen LogP contribution in [-0.4, -0.2) is 26.2 Å². The van der Waals surface area contributed by atoms with Gasteiger partial charge in [0.2, 0.25) is 0 Å². The Kier molecular flexibility index (Phi) is 5.01. The van der Waals surface area contributed by atoms with Crippen molar-refractivity contribution in [1.29, 1.82) is 0 Å². The van der Waals surface area contributed by atoms with Crippen molar-refractivity contribution in [1.82, 2.24) is 14.5 Å². The fourth-order valence-electron chi connectivity index (χ4n) is 3.57. The van der Waals surface area contributed by atoms with Crippen LogP contribution in [0.3, 0.4) is 0 Å². The predicted molar refractivity (Wildman–Crippen MR) is 123 cm³/mol. The molecular formula is C26H18N4O2. The Morgan fingerprint density at radius 3 is 2.22 bits per heavy atom. The van der Waals surface area contributed by atoms with Gasteiger partial charge in [0.15, 0.2) is 5.78 Å². The molecule has 0 aliphatic rings. The molecular weight excluding hydrogens is 400 g/mol. The molecule has 5 rings (SSSR count). The number of ketones is 1. The molecule has 0 aliphatic heterocycles. The number of para-hydroxylation sites is 2. The summed E-state index contributed by atoms with van der Waals surface area (Å²) >= 11 is 0. The van der Waals surface area contributed by atoms with E-state index in [9.17, 15) is 9.59 Å². The Bertz CT molecular complexity index is 1420. The third-order valence-electron chi connectivity index (χ3n) is 5.16. The second-order valence-electron chi connectivity index (χ2n) is 7.20. The van der Waals surface area contributed by atoms with Crippen molar-refractivity contribution in [2.24, 2.45) is 0 Å². The average Bonchev–Trinajstić information content (AvgIpc) is 3.29. The molecule has 0 spiro atoms. The third kappa shape index (κ3) is 3.65. The number of pyridine rings is 1. The van der Waals surface area contributed by atoms with Gasteiger partial charge in [0, 0.05) is 11.1 Å². The van der Waals surface area contributed by atoms with Crippen LogP contribution in [0.15, 0.2) is 104 Å². The molecule has 0 atom stereocenters. The van der Waals surface area contributed by atoms with Crippen molar-refractivity contribution < 1.29 is 9.59 Å². The Hall–Kier alpha value is -4.58. The summed E-state index contributed by atoms with van der Waals surface area (Å²) in [5, 5.41) is 2.84. The van der Waals surface area contributed by atoms with Gasteiger partial charge in [0.25, 0.3) is 5.91 Å². The maximum Gasteiger partial charge on any atom is 0.256 e. The summed E-state index contributed by atoms with van der Waals surface area (Å²) in [5.41, 5.74) is 3.56. The lowest BCUT2D eigenvalue weighted by Gasteiger charge is -2.10. The van der Waals surface area contributed by atoms with E-state index in [1.54, 1.807) is 67.1 Å². The summed E-state index contributed by atoms with van der Waals surface area (Å²) in [6, 6.07) is 27.1. The monoisotopic (exact) mass is 418 g/mol. The Balaban J connectivity index is 1.39. The van der Waals surface area contributed by atoms with Crippen LogP contribution in [0.1, 0.15) is 26.3 Å². The first kappa shape index (κ1) is 19.4. The molecule has 5 aromatic rings. The van der Waals surface area contributed by atoms with Crippen molar-refractivity contribution in [3.8, 4) is 5.82 Å². The van der Waals surface area contributed by atoms with E-state index in [2.05, 4.69) is 15.3 Å². The predicted octanol–water partition coefficient (Wildman–Crippen LogP) is 4.90. The van der Waals surface area contributed by atoms with Gasteiger partial charge < -0.3 is 5.32 Å². The molecule has 1 N–H and O–H groups in total. The molecule has 0 radical (unpaired) electrons. The van der Waals surface area contributed by atoms with Crippen molar-refractivity contribution in [2.45, 2.75) is 0 Å². The summed E-state index contributed by atoms with van der Waals surface area (Å²) in [7, 11) is 0. The molecule has 0 saturated carbocycles. The molecule has 2 heterocycles.